The maximum atomic E-state index is 9.32. The summed E-state index contributed by atoms with van der Waals surface area (Å²) in [6.45, 7) is 6.49. The SMILES string of the molecule is C#CC/C(O)=C\C=C(/CC)C(C)CC. The van der Waals surface area contributed by atoms with Crippen LogP contribution in [0.25, 0.3) is 0 Å². The maximum absolute atomic E-state index is 9.32. The van der Waals surface area contributed by atoms with Gasteiger partial charge in [-0.2, -0.15) is 0 Å². The highest BCUT2D eigenvalue weighted by atomic mass is 16.3. The Morgan fingerprint density at radius 1 is 1.43 bits per heavy atom. The van der Waals surface area contributed by atoms with Crippen molar-refractivity contribution in [2.75, 3.05) is 0 Å². The Bertz CT molecular complexity index is 253. The van der Waals surface area contributed by atoms with E-state index in [0.717, 1.165) is 12.8 Å². The lowest BCUT2D eigenvalue weighted by molar-refractivity contribution is 0.403. The lowest BCUT2D eigenvalue weighted by Gasteiger charge is -2.10. The Hall–Kier alpha value is -1.16. The largest absolute Gasteiger partial charge is 0.511 e. The molecule has 0 aromatic rings. The van der Waals surface area contributed by atoms with E-state index in [1.165, 1.54) is 5.57 Å². The number of hydrogen-bond donors (Lipinski definition) is 1. The van der Waals surface area contributed by atoms with E-state index < -0.39 is 0 Å². The normalized spacial score (nSPS) is 15.0. The van der Waals surface area contributed by atoms with E-state index in [1.54, 1.807) is 6.08 Å². The van der Waals surface area contributed by atoms with E-state index in [9.17, 15) is 5.11 Å². The van der Waals surface area contributed by atoms with Gasteiger partial charge in [-0.3, -0.25) is 0 Å². The van der Waals surface area contributed by atoms with E-state index in [2.05, 4.69) is 26.7 Å². The van der Waals surface area contributed by atoms with Crippen molar-refractivity contribution in [1.82, 2.24) is 0 Å². The molecule has 78 valence electrons. The Balaban J connectivity index is 4.46. The first-order valence-electron chi connectivity index (χ1n) is 5.17. The third-order valence-electron chi connectivity index (χ3n) is 2.43. The van der Waals surface area contributed by atoms with Crippen molar-refractivity contribution in [3.63, 3.8) is 0 Å². The third kappa shape index (κ3) is 4.77. The summed E-state index contributed by atoms with van der Waals surface area (Å²) in [7, 11) is 0. The molecule has 0 rings (SSSR count). The number of rotatable bonds is 5. The number of aliphatic hydroxyl groups is 1. The van der Waals surface area contributed by atoms with Crippen molar-refractivity contribution < 1.29 is 5.11 Å². The monoisotopic (exact) mass is 192 g/mol. The average Bonchev–Trinajstić information content (AvgIpc) is 2.18. The van der Waals surface area contributed by atoms with Crippen molar-refractivity contribution in [2.24, 2.45) is 5.92 Å². The second-order valence-corrected chi connectivity index (χ2v) is 3.44. The summed E-state index contributed by atoms with van der Waals surface area (Å²) in [6, 6.07) is 0. The standard InChI is InChI=1S/C13H20O/c1-5-8-13(14)10-9-12(7-3)11(4)6-2/h1,9-11,14H,6-8H2,2-4H3/b12-9+,13-10+. The van der Waals surface area contributed by atoms with E-state index in [-0.39, 0.29) is 5.76 Å². The molecule has 0 spiro atoms. The quantitative estimate of drug-likeness (QED) is 0.398. The zero-order chi connectivity index (χ0) is 11.0. The van der Waals surface area contributed by atoms with E-state index in [1.807, 2.05) is 6.08 Å². The topological polar surface area (TPSA) is 20.2 Å². The predicted octanol–water partition coefficient (Wildman–Crippen LogP) is 3.83. The van der Waals surface area contributed by atoms with Gasteiger partial charge in [-0.1, -0.05) is 38.3 Å². The summed E-state index contributed by atoms with van der Waals surface area (Å²) in [6.07, 6.45) is 11.2. The van der Waals surface area contributed by atoms with Crippen LogP contribution < -0.4 is 0 Å². The lowest BCUT2D eigenvalue weighted by Crippen LogP contribution is -1.96. The van der Waals surface area contributed by atoms with Gasteiger partial charge in [0.1, 0.15) is 5.76 Å². The number of allylic oxidation sites excluding steroid dienone is 4. The van der Waals surface area contributed by atoms with Crippen molar-refractivity contribution in [1.29, 1.82) is 0 Å². The minimum absolute atomic E-state index is 0.266. The molecule has 0 saturated heterocycles. The Morgan fingerprint density at radius 2 is 2.07 bits per heavy atom. The van der Waals surface area contributed by atoms with Crippen LogP contribution in [0.4, 0.5) is 0 Å². The first kappa shape index (κ1) is 12.8. The predicted molar refractivity (Wildman–Crippen MR) is 62.0 cm³/mol. The summed E-state index contributed by atoms with van der Waals surface area (Å²) in [5.74, 6) is 3.25. The van der Waals surface area contributed by atoms with Gasteiger partial charge in [-0.25, -0.2) is 0 Å². The van der Waals surface area contributed by atoms with Crippen LogP contribution in [0.15, 0.2) is 23.5 Å². The molecule has 1 atom stereocenters. The van der Waals surface area contributed by atoms with Gasteiger partial charge in [0.25, 0.3) is 0 Å². The van der Waals surface area contributed by atoms with Crippen molar-refractivity contribution in [3.05, 3.63) is 23.5 Å². The molecule has 0 bridgehead atoms. The van der Waals surface area contributed by atoms with Gasteiger partial charge in [-0.15, -0.1) is 6.42 Å². The van der Waals surface area contributed by atoms with E-state index >= 15 is 0 Å². The molecule has 0 aromatic carbocycles. The Morgan fingerprint density at radius 3 is 2.50 bits per heavy atom. The van der Waals surface area contributed by atoms with Gasteiger partial charge in [0.2, 0.25) is 0 Å². The molecule has 14 heavy (non-hydrogen) atoms. The van der Waals surface area contributed by atoms with Crippen molar-refractivity contribution >= 4 is 0 Å². The molecule has 0 aliphatic carbocycles. The van der Waals surface area contributed by atoms with Gasteiger partial charge >= 0.3 is 0 Å². The van der Waals surface area contributed by atoms with Crippen LogP contribution in [-0.2, 0) is 0 Å². The van der Waals surface area contributed by atoms with Gasteiger partial charge in [0.15, 0.2) is 0 Å². The number of hydrogen-bond acceptors (Lipinski definition) is 1. The van der Waals surface area contributed by atoms with Crippen molar-refractivity contribution in [3.8, 4) is 12.3 Å². The van der Waals surface area contributed by atoms with Gasteiger partial charge < -0.3 is 5.11 Å². The van der Waals surface area contributed by atoms with Crippen LogP contribution in [0.3, 0.4) is 0 Å². The zero-order valence-electron chi connectivity index (χ0n) is 9.38. The van der Waals surface area contributed by atoms with Crippen LogP contribution in [0.5, 0.6) is 0 Å². The van der Waals surface area contributed by atoms with Crippen LogP contribution in [0, 0.1) is 18.3 Å². The Labute approximate surface area is 87.5 Å². The second kappa shape index (κ2) is 7.26. The van der Waals surface area contributed by atoms with Gasteiger partial charge in [0, 0.05) is 0 Å². The highest BCUT2D eigenvalue weighted by molar-refractivity contribution is 5.18. The molecular formula is C13H20O. The van der Waals surface area contributed by atoms with Crippen LogP contribution in [0.2, 0.25) is 0 Å². The molecule has 0 heterocycles. The zero-order valence-corrected chi connectivity index (χ0v) is 9.38. The molecule has 0 aliphatic rings. The Kier molecular flexibility index (Phi) is 6.66. The maximum Gasteiger partial charge on any atom is 0.104 e. The van der Waals surface area contributed by atoms with E-state index in [0.29, 0.717) is 12.3 Å². The molecule has 1 heteroatoms. The highest BCUT2D eigenvalue weighted by Gasteiger charge is 2.02. The molecule has 0 aliphatic heterocycles. The molecule has 1 nitrogen and oxygen atoms in total. The third-order valence-corrected chi connectivity index (χ3v) is 2.43. The molecule has 1 unspecified atom stereocenters. The molecule has 0 amide bonds. The van der Waals surface area contributed by atoms with Gasteiger partial charge in [0.05, 0.1) is 6.42 Å². The minimum atomic E-state index is 0.266. The smallest absolute Gasteiger partial charge is 0.104 e. The first-order chi connectivity index (χ1) is 6.65. The first-order valence-corrected chi connectivity index (χ1v) is 5.17. The summed E-state index contributed by atoms with van der Waals surface area (Å²) in [5, 5.41) is 9.32. The summed E-state index contributed by atoms with van der Waals surface area (Å²) < 4.78 is 0. The highest BCUT2D eigenvalue weighted by Crippen LogP contribution is 2.17. The fourth-order valence-corrected chi connectivity index (χ4v) is 1.26. The van der Waals surface area contributed by atoms with Crippen LogP contribution in [-0.4, -0.2) is 5.11 Å². The molecule has 0 fully saturated rings. The minimum Gasteiger partial charge on any atom is -0.511 e. The average molecular weight is 192 g/mol. The van der Waals surface area contributed by atoms with Crippen LogP contribution in [0.1, 0.15) is 40.0 Å². The van der Waals surface area contributed by atoms with Crippen LogP contribution >= 0.6 is 0 Å². The summed E-state index contributed by atoms with van der Waals surface area (Å²) in [4.78, 5) is 0. The van der Waals surface area contributed by atoms with E-state index in [4.69, 9.17) is 6.42 Å². The second-order valence-electron chi connectivity index (χ2n) is 3.44. The molecule has 1 N–H and O–H groups in total. The molecule has 0 saturated carbocycles. The van der Waals surface area contributed by atoms with Gasteiger partial charge in [-0.05, 0) is 24.8 Å². The number of aliphatic hydroxyl groups excluding tert-OH is 1. The number of terminal acetylenes is 1. The summed E-state index contributed by atoms with van der Waals surface area (Å²) >= 11 is 0. The fraction of sp³-hybridized carbons (Fsp3) is 0.538. The summed E-state index contributed by atoms with van der Waals surface area (Å²) in [5.41, 5.74) is 1.36. The molecule has 0 radical (unpaired) electrons. The lowest BCUT2D eigenvalue weighted by atomic mass is 9.96. The fourth-order valence-electron chi connectivity index (χ4n) is 1.26. The molecular weight excluding hydrogens is 172 g/mol. The van der Waals surface area contributed by atoms with Crippen molar-refractivity contribution in [2.45, 2.75) is 40.0 Å². The molecule has 0 aromatic heterocycles.